The van der Waals surface area contributed by atoms with E-state index >= 15 is 0 Å². The lowest BCUT2D eigenvalue weighted by atomic mass is 10.1. The number of benzene rings is 3. The maximum absolute atomic E-state index is 13.2. The summed E-state index contributed by atoms with van der Waals surface area (Å²) in [4.78, 5) is 26.2. The Morgan fingerprint density at radius 1 is 0.929 bits per heavy atom. The maximum atomic E-state index is 13.2. The van der Waals surface area contributed by atoms with E-state index in [1.807, 2.05) is 23.1 Å². The summed E-state index contributed by atoms with van der Waals surface area (Å²) in [6.07, 6.45) is 1.34. The van der Waals surface area contributed by atoms with E-state index in [0.717, 1.165) is 25.7 Å². The molecular weight excluding hydrogens is 562 g/mol. The molecule has 0 unspecified atom stereocenters. The van der Waals surface area contributed by atoms with Crippen LogP contribution in [0.5, 0.6) is 0 Å². The van der Waals surface area contributed by atoms with Gasteiger partial charge in [0.1, 0.15) is 10.6 Å². The van der Waals surface area contributed by atoms with Gasteiger partial charge < -0.3 is 4.90 Å². The van der Waals surface area contributed by atoms with Gasteiger partial charge >= 0.3 is 0 Å². The standard InChI is InChI=1S/C28H33N7O6S/c1-3-33(4-2)42(40,41)28-19-24(34(36)37)11-12-25(28)30-29-20-23-10-13-26(27(18-23)35(38)39)32-16-14-31(15-17-32)21-22-8-6-5-7-9-22/h5-13,18-20,30H,3-4,14-17,21H2,1-2H3/b29-20+. The summed E-state index contributed by atoms with van der Waals surface area (Å²) in [7, 11) is -4.05. The second kappa shape index (κ2) is 13.5. The van der Waals surface area contributed by atoms with Crippen LogP contribution in [0.25, 0.3) is 0 Å². The average molecular weight is 596 g/mol. The summed E-state index contributed by atoms with van der Waals surface area (Å²) in [5.41, 5.74) is 4.43. The number of nitro benzene ring substituents is 2. The number of hydrogen-bond acceptors (Lipinski definition) is 10. The third-order valence-corrected chi connectivity index (χ3v) is 9.15. The summed E-state index contributed by atoms with van der Waals surface area (Å²) in [6.45, 7) is 7.37. The average Bonchev–Trinajstić information content (AvgIpc) is 2.98. The number of anilines is 2. The van der Waals surface area contributed by atoms with Gasteiger partial charge in [0.2, 0.25) is 10.0 Å². The Morgan fingerprint density at radius 3 is 2.24 bits per heavy atom. The first-order valence-electron chi connectivity index (χ1n) is 13.5. The Kier molecular flexibility index (Phi) is 9.83. The van der Waals surface area contributed by atoms with Crippen molar-refractivity contribution in [3.8, 4) is 0 Å². The van der Waals surface area contributed by atoms with E-state index in [0.29, 0.717) is 24.3 Å². The van der Waals surface area contributed by atoms with Crippen LogP contribution < -0.4 is 10.3 Å². The van der Waals surface area contributed by atoms with Gasteiger partial charge in [-0.15, -0.1) is 0 Å². The van der Waals surface area contributed by atoms with Gasteiger partial charge in [0.15, 0.2) is 0 Å². The third kappa shape index (κ3) is 7.08. The van der Waals surface area contributed by atoms with Crippen LogP contribution in [0, 0.1) is 20.2 Å². The lowest BCUT2D eigenvalue weighted by Gasteiger charge is -2.35. The van der Waals surface area contributed by atoms with Crippen molar-refractivity contribution in [2.45, 2.75) is 25.3 Å². The van der Waals surface area contributed by atoms with Gasteiger partial charge in [-0.05, 0) is 17.7 Å². The Morgan fingerprint density at radius 2 is 1.62 bits per heavy atom. The van der Waals surface area contributed by atoms with Gasteiger partial charge in [0, 0.05) is 69.6 Å². The topological polar surface area (TPSA) is 155 Å². The van der Waals surface area contributed by atoms with Crippen molar-refractivity contribution in [3.05, 3.63) is 98.1 Å². The molecule has 4 rings (SSSR count). The molecule has 222 valence electrons. The molecule has 1 N–H and O–H groups in total. The van der Waals surface area contributed by atoms with Crippen molar-refractivity contribution in [3.63, 3.8) is 0 Å². The van der Waals surface area contributed by atoms with Crippen LogP contribution in [-0.2, 0) is 16.6 Å². The number of non-ortho nitro benzene ring substituents is 1. The van der Waals surface area contributed by atoms with Crippen LogP contribution in [0.2, 0.25) is 0 Å². The predicted molar refractivity (Wildman–Crippen MR) is 161 cm³/mol. The van der Waals surface area contributed by atoms with Crippen molar-refractivity contribution >= 4 is 39.0 Å². The van der Waals surface area contributed by atoms with Crippen LogP contribution in [-0.4, -0.2) is 73.0 Å². The molecule has 13 nitrogen and oxygen atoms in total. The number of piperazine rings is 1. The van der Waals surface area contributed by atoms with Gasteiger partial charge in [0.05, 0.1) is 21.7 Å². The molecule has 1 aliphatic heterocycles. The minimum absolute atomic E-state index is 0.0447. The van der Waals surface area contributed by atoms with Gasteiger partial charge in [-0.2, -0.15) is 9.41 Å². The van der Waals surface area contributed by atoms with E-state index in [-0.39, 0.29) is 35.0 Å². The highest BCUT2D eigenvalue weighted by atomic mass is 32.2. The van der Waals surface area contributed by atoms with Crippen LogP contribution in [0.3, 0.4) is 0 Å². The molecule has 1 saturated heterocycles. The van der Waals surface area contributed by atoms with Crippen LogP contribution in [0.1, 0.15) is 25.0 Å². The van der Waals surface area contributed by atoms with Gasteiger partial charge in [0.25, 0.3) is 11.4 Å². The highest BCUT2D eigenvalue weighted by Gasteiger charge is 2.28. The molecule has 0 spiro atoms. The van der Waals surface area contributed by atoms with Crippen molar-refractivity contribution in [2.75, 3.05) is 49.6 Å². The van der Waals surface area contributed by atoms with Gasteiger partial charge in [-0.3, -0.25) is 30.6 Å². The molecule has 0 radical (unpaired) electrons. The fourth-order valence-electron chi connectivity index (χ4n) is 4.83. The minimum Gasteiger partial charge on any atom is -0.363 e. The molecule has 1 heterocycles. The van der Waals surface area contributed by atoms with Crippen LogP contribution in [0.4, 0.5) is 22.7 Å². The number of sulfonamides is 1. The molecule has 0 amide bonds. The summed E-state index contributed by atoms with van der Waals surface area (Å²) in [5, 5.41) is 27.4. The summed E-state index contributed by atoms with van der Waals surface area (Å²) >= 11 is 0. The second-order valence-corrected chi connectivity index (χ2v) is 11.6. The largest absolute Gasteiger partial charge is 0.363 e. The molecule has 3 aromatic rings. The summed E-state index contributed by atoms with van der Waals surface area (Å²) < 4.78 is 27.5. The number of hydrazone groups is 1. The zero-order valence-corrected chi connectivity index (χ0v) is 24.2. The Labute approximate surface area is 244 Å². The minimum atomic E-state index is -4.05. The van der Waals surface area contributed by atoms with E-state index < -0.39 is 19.9 Å². The SMILES string of the molecule is CCN(CC)S(=O)(=O)c1cc([N+](=O)[O-])ccc1N/N=C/c1ccc(N2CCN(Cc3ccccc3)CC2)c([N+](=O)[O-])c1. The molecule has 0 atom stereocenters. The molecule has 42 heavy (non-hydrogen) atoms. The smallest absolute Gasteiger partial charge is 0.293 e. The second-order valence-electron chi connectivity index (χ2n) is 9.65. The van der Waals surface area contributed by atoms with Gasteiger partial charge in [-0.1, -0.05) is 50.2 Å². The number of nitrogens with one attached hydrogen (secondary N) is 1. The molecular formula is C28H33N7O6S. The zero-order chi connectivity index (χ0) is 30.3. The van der Waals surface area contributed by atoms with Crippen molar-refractivity contribution in [1.29, 1.82) is 0 Å². The fraction of sp³-hybridized carbons (Fsp3) is 0.321. The van der Waals surface area contributed by atoms with Crippen LogP contribution >= 0.6 is 0 Å². The van der Waals surface area contributed by atoms with Crippen molar-refractivity contribution < 1.29 is 18.3 Å². The molecule has 1 aliphatic rings. The Hall–Kier alpha value is -4.40. The lowest BCUT2D eigenvalue weighted by Crippen LogP contribution is -2.46. The zero-order valence-electron chi connectivity index (χ0n) is 23.4. The monoisotopic (exact) mass is 595 g/mol. The first-order chi connectivity index (χ1) is 20.1. The highest BCUT2D eigenvalue weighted by Crippen LogP contribution is 2.31. The first kappa shape index (κ1) is 30.6. The highest BCUT2D eigenvalue weighted by molar-refractivity contribution is 7.89. The van der Waals surface area contributed by atoms with E-state index in [2.05, 4.69) is 27.6 Å². The van der Waals surface area contributed by atoms with E-state index in [1.54, 1.807) is 26.0 Å². The predicted octanol–water partition coefficient (Wildman–Crippen LogP) is 4.30. The first-order valence-corrected chi connectivity index (χ1v) is 14.9. The Balaban J connectivity index is 1.50. The maximum Gasteiger partial charge on any atom is 0.293 e. The quantitative estimate of drug-likeness (QED) is 0.183. The molecule has 1 fully saturated rings. The molecule has 14 heteroatoms. The number of nitrogens with zero attached hydrogens (tertiary/aromatic N) is 6. The summed E-state index contributed by atoms with van der Waals surface area (Å²) in [5.74, 6) is 0. The molecule has 0 bridgehead atoms. The number of nitro groups is 2. The molecule has 3 aromatic carbocycles. The molecule has 0 saturated carbocycles. The summed E-state index contributed by atoms with van der Waals surface area (Å²) in [6, 6.07) is 18.4. The van der Waals surface area contributed by atoms with Crippen LogP contribution in [0.15, 0.2) is 76.7 Å². The molecule has 0 aliphatic carbocycles. The normalized spacial score (nSPS) is 14.4. The third-order valence-electron chi connectivity index (χ3n) is 7.06. The number of hydrogen-bond donors (Lipinski definition) is 1. The van der Waals surface area contributed by atoms with E-state index in [1.165, 1.54) is 34.3 Å². The lowest BCUT2D eigenvalue weighted by molar-refractivity contribution is -0.385. The molecule has 0 aromatic heterocycles. The van der Waals surface area contributed by atoms with E-state index in [4.69, 9.17) is 0 Å². The Bertz CT molecular complexity index is 1550. The van der Waals surface area contributed by atoms with Gasteiger partial charge in [-0.25, -0.2) is 8.42 Å². The number of rotatable bonds is 12. The van der Waals surface area contributed by atoms with E-state index in [9.17, 15) is 28.6 Å². The van der Waals surface area contributed by atoms with Crippen molar-refractivity contribution in [1.82, 2.24) is 9.21 Å². The fourth-order valence-corrected chi connectivity index (χ4v) is 6.45. The van der Waals surface area contributed by atoms with Crippen molar-refractivity contribution in [2.24, 2.45) is 5.10 Å².